The van der Waals surface area contributed by atoms with Crippen LogP contribution in [-0.4, -0.2) is 16.9 Å². The number of nitrogens with two attached hydrogens (primary N) is 1. The molecule has 5 nitrogen and oxygen atoms in total. The van der Waals surface area contributed by atoms with Crippen LogP contribution in [0.25, 0.3) is 0 Å². The fraction of sp³-hybridized carbons (Fsp3) is 0.0625. The fourth-order valence-electron chi connectivity index (χ4n) is 1.79. The minimum atomic E-state index is -0.499. The van der Waals surface area contributed by atoms with Crippen LogP contribution in [0.2, 0.25) is 0 Å². The van der Waals surface area contributed by atoms with Crippen molar-refractivity contribution in [1.29, 1.82) is 0 Å². The van der Waals surface area contributed by atoms with Gasteiger partial charge in [-0.05, 0) is 83.7 Å². The first-order valence-electron chi connectivity index (χ1n) is 6.65. The molecule has 7 heteroatoms. The minimum Gasteiger partial charge on any atom is -0.366 e. The van der Waals surface area contributed by atoms with Crippen molar-refractivity contribution in [2.24, 2.45) is 5.73 Å². The number of halogens is 1. The lowest BCUT2D eigenvalue weighted by atomic mass is 10.1. The highest BCUT2D eigenvalue weighted by Crippen LogP contribution is 2.13. The number of nitrogens with one attached hydrogen (secondary N) is 2. The molecule has 4 N–H and O–H groups in total. The van der Waals surface area contributed by atoms with Crippen molar-refractivity contribution in [3.8, 4) is 0 Å². The summed E-state index contributed by atoms with van der Waals surface area (Å²) < 4.78 is 1.01. The highest BCUT2D eigenvalue weighted by molar-refractivity contribution is 14.1. The molecule has 2 amide bonds. The number of thiocarbonyl (C=S) groups is 1. The lowest BCUT2D eigenvalue weighted by molar-refractivity contribution is 0.0975. The molecule has 0 bridgehead atoms. The molecule has 0 aromatic heterocycles. The van der Waals surface area contributed by atoms with Crippen molar-refractivity contribution >= 4 is 57.4 Å². The van der Waals surface area contributed by atoms with Crippen molar-refractivity contribution in [3.63, 3.8) is 0 Å². The number of aryl methyl sites for hydroxylation is 1. The number of rotatable bonds is 3. The lowest BCUT2D eigenvalue weighted by Crippen LogP contribution is -2.34. The Labute approximate surface area is 152 Å². The second kappa shape index (κ2) is 7.51. The Kier molecular flexibility index (Phi) is 5.67. The zero-order chi connectivity index (χ0) is 17.0. The third kappa shape index (κ3) is 4.73. The molecule has 0 aliphatic carbocycles. The van der Waals surface area contributed by atoms with Crippen molar-refractivity contribution in [2.75, 3.05) is 5.32 Å². The van der Waals surface area contributed by atoms with Gasteiger partial charge < -0.3 is 11.1 Å². The van der Waals surface area contributed by atoms with Crippen LogP contribution in [-0.2, 0) is 0 Å². The van der Waals surface area contributed by atoms with Crippen LogP contribution in [0.15, 0.2) is 42.5 Å². The SMILES string of the molecule is Cc1ccc(C(=O)NC(=S)Nc2ccc(C(N)=O)cc2)cc1I. The van der Waals surface area contributed by atoms with Crippen molar-refractivity contribution in [3.05, 3.63) is 62.7 Å². The third-order valence-electron chi connectivity index (χ3n) is 3.09. The standard InChI is InChI=1S/C16H14IN3O2S/c1-9-2-3-11(8-13(9)17)15(22)20-16(23)19-12-6-4-10(5-7-12)14(18)21/h2-8H,1H3,(H2,18,21)(H2,19,20,22,23). The molecule has 0 saturated heterocycles. The van der Waals surface area contributed by atoms with Gasteiger partial charge in [-0.15, -0.1) is 0 Å². The van der Waals surface area contributed by atoms with Crippen LogP contribution in [0.4, 0.5) is 5.69 Å². The molecule has 0 unspecified atom stereocenters. The number of primary amides is 1. The Bertz CT molecular complexity index is 775. The second-order valence-corrected chi connectivity index (χ2v) is 6.38. The molecule has 0 atom stereocenters. The van der Waals surface area contributed by atoms with Gasteiger partial charge in [-0.25, -0.2) is 0 Å². The molecule has 0 saturated carbocycles. The summed E-state index contributed by atoms with van der Waals surface area (Å²) in [6.07, 6.45) is 0. The number of carbonyl (C=O) groups is 2. The molecule has 0 fully saturated rings. The van der Waals surface area contributed by atoms with E-state index in [-0.39, 0.29) is 11.0 Å². The fourth-order valence-corrected chi connectivity index (χ4v) is 2.52. The first kappa shape index (κ1) is 17.4. The van der Waals surface area contributed by atoms with E-state index in [1.807, 2.05) is 13.0 Å². The number of hydrogen-bond acceptors (Lipinski definition) is 3. The van der Waals surface area contributed by atoms with Crippen LogP contribution in [0, 0.1) is 10.5 Å². The second-order valence-electron chi connectivity index (χ2n) is 4.81. The number of benzene rings is 2. The molecule has 118 valence electrons. The van der Waals surface area contributed by atoms with Gasteiger partial charge in [0.25, 0.3) is 5.91 Å². The topological polar surface area (TPSA) is 84.2 Å². The molecule has 2 aromatic rings. The van der Waals surface area contributed by atoms with Crippen molar-refractivity contribution in [1.82, 2.24) is 5.32 Å². The average molecular weight is 439 g/mol. The average Bonchev–Trinajstić information content (AvgIpc) is 2.50. The van der Waals surface area contributed by atoms with Gasteiger partial charge in [0.1, 0.15) is 0 Å². The van der Waals surface area contributed by atoms with Gasteiger partial charge in [-0.2, -0.15) is 0 Å². The largest absolute Gasteiger partial charge is 0.366 e. The van der Waals surface area contributed by atoms with Crippen LogP contribution >= 0.6 is 34.8 Å². The molecular formula is C16H14IN3O2S. The summed E-state index contributed by atoms with van der Waals surface area (Å²) in [5.41, 5.74) is 7.87. The molecule has 2 aromatic carbocycles. The van der Waals surface area contributed by atoms with E-state index < -0.39 is 5.91 Å². The summed E-state index contributed by atoms with van der Waals surface area (Å²) >= 11 is 7.30. The van der Waals surface area contributed by atoms with E-state index in [1.165, 1.54) is 0 Å². The van der Waals surface area contributed by atoms with Gasteiger partial charge in [0.05, 0.1) is 0 Å². The van der Waals surface area contributed by atoms with Gasteiger partial charge >= 0.3 is 0 Å². The Morgan fingerprint density at radius 2 is 1.70 bits per heavy atom. The molecular weight excluding hydrogens is 425 g/mol. The van der Waals surface area contributed by atoms with Gasteiger partial charge in [0.2, 0.25) is 5.91 Å². The quantitative estimate of drug-likeness (QED) is 0.508. The van der Waals surface area contributed by atoms with Crippen LogP contribution in [0.3, 0.4) is 0 Å². The normalized spacial score (nSPS) is 10.0. The summed E-state index contributed by atoms with van der Waals surface area (Å²) in [7, 11) is 0. The number of anilines is 1. The van der Waals surface area contributed by atoms with E-state index in [0.29, 0.717) is 16.8 Å². The number of carbonyl (C=O) groups excluding carboxylic acids is 2. The van der Waals surface area contributed by atoms with E-state index in [4.69, 9.17) is 18.0 Å². The summed E-state index contributed by atoms with van der Waals surface area (Å²) in [5.74, 6) is -0.782. The molecule has 0 radical (unpaired) electrons. The smallest absolute Gasteiger partial charge is 0.257 e. The zero-order valence-electron chi connectivity index (χ0n) is 12.2. The maximum atomic E-state index is 12.1. The van der Waals surface area contributed by atoms with Crippen LogP contribution in [0.1, 0.15) is 26.3 Å². The van der Waals surface area contributed by atoms with E-state index >= 15 is 0 Å². The maximum absolute atomic E-state index is 12.1. The Hall–Kier alpha value is -2.00. The highest BCUT2D eigenvalue weighted by Gasteiger charge is 2.09. The third-order valence-corrected chi connectivity index (χ3v) is 4.45. The van der Waals surface area contributed by atoms with Gasteiger partial charge in [-0.1, -0.05) is 6.07 Å². The van der Waals surface area contributed by atoms with Crippen molar-refractivity contribution in [2.45, 2.75) is 6.92 Å². The summed E-state index contributed by atoms with van der Waals surface area (Å²) in [5, 5.41) is 5.67. The molecule has 23 heavy (non-hydrogen) atoms. The molecule has 0 aliphatic rings. The number of amides is 2. The summed E-state index contributed by atoms with van der Waals surface area (Å²) in [4.78, 5) is 23.2. The first-order valence-corrected chi connectivity index (χ1v) is 8.14. The van der Waals surface area contributed by atoms with E-state index in [2.05, 4.69) is 33.2 Å². The molecule has 0 heterocycles. The van der Waals surface area contributed by atoms with Crippen LogP contribution in [0.5, 0.6) is 0 Å². The predicted molar refractivity (Wildman–Crippen MR) is 103 cm³/mol. The van der Waals surface area contributed by atoms with E-state index in [0.717, 1.165) is 9.13 Å². The Morgan fingerprint density at radius 1 is 1.09 bits per heavy atom. The molecule has 0 aliphatic heterocycles. The summed E-state index contributed by atoms with van der Waals surface area (Å²) in [6.45, 7) is 1.98. The molecule has 2 rings (SSSR count). The summed E-state index contributed by atoms with van der Waals surface area (Å²) in [6, 6.07) is 11.9. The van der Waals surface area contributed by atoms with E-state index in [9.17, 15) is 9.59 Å². The lowest BCUT2D eigenvalue weighted by Gasteiger charge is -2.10. The predicted octanol–water partition coefficient (Wildman–Crippen LogP) is 2.83. The van der Waals surface area contributed by atoms with E-state index in [1.54, 1.807) is 36.4 Å². The maximum Gasteiger partial charge on any atom is 0.257 e. The van der Waals surface area contributed by atoms with Gasteiger partial charge in [0.15, 0.2) is 5.11 Å². The van der Waals surface area contributed by atoms with Gasteiger partial charge in [0, 0.05) is 20.4 Å². The van der Waals surface area contributed by atoms with Gasteiger partial charge in [-0.3, -0.25) is 14.9 Å². The van der Waals surface area contributed by atoms with Crippen molar-refractivity contribution < 1.29 is 9.59 Å². The number of hydrogen-bond donors (Lipinski definition) is 3. The Morgan fingerprint density at radius 3 is 2.26 bits per heavy atom. The van der Waals surface area contributed by atoms with Crippen LogP contribution < -0.4 is 16.4 Å². The Balaban J connectivity index is 1.99. The minimum absolute atomic E-state index is 0.178. The zero-order valence-corrected chi connectivity index (χ0v) is 15.2. The highest BCUT2D eigenvalue weighted by atomic mass is 127. The monoisotopic (exact) mass is 439 g/mol. The molecule has 0 spiro atoms. The first-order chi connectivity index (χ1) is 10.9.